The van der Waals surface area contributed by atoms with Crippen LogP contribution in [-0.2, 0) is 11.3 Å². The molecule has 1 aliphatic rings. The topological polar surface area (TPSA) is 62.3 Å². The van der Waals surface area contributed by atoms with Gasteiger partial charge in [0.2, 0.25) is 0 Å². The van der Waals surface area contributed by atoms with Crippen molar-refractivity contribution < 1.29 is 9.13 Å². The number of hydrogen-bond donors (Lipinski definition) is 2. The summed E-state index contributed by atoms with van der Waals surface area (Å²) >= 11 is 0. The maximum absolute atomic E-state index is 13.2. The Labute approximate surface area is 112 Å². The minimum atomic E-state index is -0.367. The van der Waals surface area contributed by atoms with Crippen molar-refractivity contribution in [2.45, 2.75) is 32.0 Å². The lowest BCUT2D eigenvalue weighted by molar-refractivity contribution is 0.0814. The third-order valence-corrected chi connectivity index (χ3v) is 3.68. The van der Waals surface area contributed by atoms with E-state index >= 15 is 0 Å². The van der Waals surface area contributed by atoms with Gasteiger partial charge in [-0.2, -0.15) is 0 Å². The smallest absolute Gasteiger partial charge is 0.123 e. The second kappa shape index (κ2) is 5.67. The highest BCUT2D eigenvalue weighted by molar-refractivity contribution is 5.96. The molecule has 0 aromatic heterocycles. The minimum Gasteiger partial charge on any atom is -0.384 e. The molecule has 1 aromatic carbocycles. The van der Waals surface area contributed by atoms with E-state index in [2.05, 4.69) is 11.8 Å². The van der Waals surface area contributed by atoms with Crippen molar-refractivity contribution in [1.82, 2.24) is 4.90 Å². The zero-order chi connectivity index (χ0) is 14.0. The van der Waals surface area contributed by atoms with Crippen LogP contribution in [0.1, 0.15) is 24.5 Å². The zero-order valence-corrected chi connectivity index (χ0v) is 11.3. The molecule has 1 aliphatic heterocycles. The highest BCUT2D eigenvalue weighted by Gasteiger charge is 2.28. The van der Waals surface area contributed by atoms with Crippen molar-refractivity contribution in [3.8, 4) is 0 Å². The number of halogens is 1. The third kappa shape index (κ3) is 3.11. The Morgan fingerprint density at radius 3 is 2.89 bits per heavy atom. The van der Waals surface area contributed by atoms with Crippen molar-refractivity contribution in [3.63, 3.8) is 0 Å². The molecule has 4 nitrogen and oxygen atoms in total. The van der Waals surface area contributed by atoms with Crippen LogP contribution in [0, 0.1) is 11.2 Å². The quantitative estimate of drug-likeness (QED) is 0.643. The molecule has 0 spiro atoms. The molecule has 1 heterocycles. The van der Waals surface area contributed by atoms with Gasteiger partial charge in [0, 0.05) is 24.8 Å². The first kappa shape index (κ1) is 14.0. The average Bonchev–Trinajstić information content (AvgIpc) is 2.77. The number of nitrogen functional groups attached to an aromatic ring is 1. The van der Waals surface area contributed by atoms with Gasteiger partial charge < -0.3 is 10.5 Å². The summed E-state index contributed by atoms with van der Waals surface area (Å²) in [5, 5.41) is 7.53. The molecule has 1 aromatic rings. The van der Waals surface area contributed by atoms with Crippen molar-refractivity contribution in [2.24, 2.45) is 5.73 Å². The van der Waals surface area contributed by atoms with Gasteiger partial charge in [0.05, 0.1) is 6.10 Å². The van der Waals surface area contributed by atoms with Crippen LogP contribution >= 0.6 is 0 Å². The lowest BCUT2D eigenvalue weighted by Crippen LogP contribution is -2.36. The predicted octanol–water partition coefficient (Wildman–Crippen LogP) is 1.72. The maximum atomic E-state index is 13.2. The highest BCUT2D eigenvalue weighted by atomic mass is 19.1. The van der Waals surface area contributed by atoms with E-state index in [4.69, 9.17) is 15.9 Å². The van der Waals surface area contributed by atoms with Crippen LogP contribution in [0.15, 0.2) is 18.2 Å². The van der Waals surface area contributed by atoms with Crippen molar-refractivity contribution in [1.29, 1.82) is 5.41 Å². The molecule has 3 N–H and O–H groups in total. The van der Waals surface area contributed by atoms with Crippen molar-refractivity contribution in [3.05, 3.63) is 35.1 Å². The van der Waals surface area contributed by atoms with E-state index in [9.17, 15) is 4.39 Å². The van der Waals surface area contributed by atoms with Crippen LogP contribution in [0.3, 0.4) is 0 Å². The summed E-state index contributed by atoms with van der Waals surface area (Å²) in [5.41, 5.74) is 6.85. The molecule has 1 fully saturated rings. The fraction of sp³-hybridized carbons (Fsp3) is 0.500. The molecule has 2 unspecified atom stereocenters. The van der Waals surface area contributed by atoms with Crippen molar-refractivity contribution in [2.75, 3.05) is 13.7 Å². The second-order valence-corrected chi connectivity index (χ2v) is 5.06. The van der Waals surface area contributed by atoms with E-state index < -0.39 is 0 Å². The summed E-state index contributed by atoms with van der Waals surface area (Å²) in [6.45, 7) is 3.47. The lowest BCUT2D eigenvalue weighted by atomic mass is 10.0. The van der Waals surface area contributed by atoms with Gasteiger partial charge in [-0.15, -0.1) is 0 Å². The Hall–Kier alpha value is -1.46. The fourth-order valence-corrected chi connectivity index (χ4v) is 2.62. The molecule has 0 radical (unpaired) electrons. The first-order valence-corrected chi connectivity index (χ1v) is 6.43. The first-order valence-electron chi connectivity index (χ1n) is 6.43. The zero-order valence-electron chi connectivity index (χ0n) is 11.3. The highest BCUT2D eigenvalue weighted by Crippen LogP contribution is 2.21. The number of nitrogens with zero attached hydrogens (tertiary/aromatic N) is 1. The van der Waals surface area contributed by atoms with E-state index in [0.717, 1.165) is 18.6 Å². The normalized spacial score (nSPS) is 22.9. The fourth-order valence-electron chi connectivity index (χ4n) is 2.62. The SMILES string of the molecule is CC1OCCC1N(C)Cc1ccc(F)cc1C(=N)N. The van der Waals surface area contributed by atoms with Crippen LogP contribution in [0.5, 0.6) is 0 Å². The van der Waals surface area contributed by atoms with Gasteiger partial charge in [-0.05, 0) is 38.1 Å². The summed E-state index contributed by atoms with van der Waals surface area (Å²) in [6, 6.07) is 4.78. The van der Waals surface area contributed by atoms with E-state index in [1.807, 2.05) is 7.05 Å². The van der Waals surface area contributed by atoms with Gasteiger partial charge in [0.25, 0.3) is 0 Å². The monoisotopic (exact) mass is 265 g/mol. The predicted molar refractivity (Wildman–Crippen MR) is 72.7 cm³/mol. The van der Waals surface area contributed by atoms with Gasteiger partial charge in [-0.25, -0.2) is 4.39 Å². The number of amidine groups is 1. The number of likely N-dealkylation sites (N-methyl/N-ethyl adjacent to an activating group) is 1. The molecule has 5 heteroatoms. The van der Waals surface area contributed by atoms with Gasteiger partial charge in [-0.1, -0.05) is 6.07 Å². The van der Waals surface area contributed by atoms with E-state index in [-0.39, 0.29) is 17.8 Å². The van der Waals surface area contributed by atoms with Gasteiger partial charge >= 0.3 is 0 Å². The molecule has 104 valence electrons. The number of nitrogens with one attached hydrogen (secondary N) is 1. The van der Waals surface area contributed by atoms with Gasteiger partial charge in [-0.3, -0.25) is 10.3 Å². The molecule has 1 saturated heterocycles. The number of nitrogens with two attached hydrogens (primary N) is 1. The average molecular weight is 265 g/mol. The van der Waals surface area contributed by atoms with Crippen LogP contribution < -0.4 is 5.73 Å². The molecule has 19 heavy (non-hydrogen) atoms. The van der Waals surface area contributed by atoms with Crippen LogP contribution in [0.2, 0.25) is 0 Å². The molecular weight excluding hydrogens is 245 g/mol. The summed E-state index contributed by atoms with van der Waals surface area (Å²) < 4.78 is 18.8. The molecule has 0 amide bonds. The lowest BCUT2D eigenvalue weighted by Gasteiger charge is -2.27. The number of benzene rings is 1. The van der Waals surface area contributed by atoms with Gasteiger partial charge in [0.1, 0.15) is 11.7 Å². The third-order valence-electron chi connectivity index (χ3n) is 3.68. The van der Waals surface area contributed by atoms with E-state index in [1.165, 1.54) is 12.1 Å². The van der Waals surface area contributed by atoms with Gasteiger partial charge in [0.15, 0.2) is 0 Å². The largest absolute Gasteiger partial charge is 0.384 e. The van der Waals surface area contributed by atoms with Crippen molar-refractivity contribution >= 4 is 5.84 Å². The number of ether oxygens (including phenoxy) is 1. The summed E-state index contributed by atoms with van der Waals surface area (Å²) in [6.07, 6.45) is 1.19. The van der Waals surface area contributed by atoms with E-state index in [0.29, 0.717) is 18.2 Å². The van der Waals surface area contributed by atoms with E-state index in [1.54, 1.807) is 6.07 Å². The molecule has 0 aliphatic carbocycles. The van der Waals surface area contributed by atoms with Crippen LogP contribution in [-0.4, -0.2) is 36.5 Å². The number of hydrogen-bond acceptors (Lipinski definition) is 3. The Morgan fingerprint density at radius 2 is 2.32 bits per heavy atom. The second-order valence-electron chi connectivity index (χ2n) is 5.06. The standard InChI is InChI=1S/C14H20FN3O/c1-9-13(5-6-19-9)18(2)8-10-3-4-11(15)7-12(10)14(16)17/h3-4,7,9,13H,5-6,8H2,1-2H3,(H3,16,17). The summed E-state index contributed by atoms with van der Waals surface area (Å²) in [7, 11) is 2.02. The Bertz CT molecular complexity index is 478. The Kier molecular flexibility index (Phi) is 4.17. The summed E-state index contributed by atoms with van der Waals surface area (Å²) in [4.78, 5) is 2.18. The first-order chi connectivity index (χ1) is 8.99. The van der Waals surface area contributed by atoms with Crippen LogP contribution in [0.25, 0.3) is 0 Å². The maximum Gasteiger partial charge on any atom is 0.123 e. The number of rotatable bonds is 4. The van der Waals surface area contributed by atoms with Crippen LogP contribution in [0.4, 0.5) is 4.39 Å². The molecule has 0 saturated carbocycles. The Morgan fingerprint density at radius 1 is 1.58 bits per heavy atom. The summed E-state index contributed by atoms with van der Waals surface area (Å²) in [5.74, 6) is -0.465. The Balaban J connectivity index is 2.16. The minimum absolute atomic E-state index is 0.0985. The molecule has 2 rings (SSSR count). The molecule has 0 bridgehead atoms. The molecular formula is C14H20FN3O. The molecule has 2 atom stereocenters.